The maximum absolute atomic E-state index is 12.9. The predicted octanol–water partition coefficient (Wildman–Crippen LogP) is 3.59. The number of thioether (sulfide) groups is 1. The van der Waals surface area contributed by atoms with Gasteiger partial charge in [-0.25, -0.2) is 8.78 Å². The van der Waals surface area contributed by atoms with E-state index in [2.05, 4.69) is 5.32 Å². The Hall–Kier alpha value is -0.610. The maximum atomic E-state index is 12.9. The van der Waals surface area contributed by atoms with Crippen molar-refractivity contribution in [2.75, 3.05) is 12.3 Å². The van der Waals surface area contributed by atoms with Crippen LogP contribution in [0.1, 0.15) is 25.7 Å². The first-order chi connectivity index (χ1) is 8.25. The van der Waals surface area contributed by atoms with Crippen LogP contribution in [-0.2, 0) is 0 Å². The van der Waals surface area contributed by atoms with Crippen molar-refractivity contribution in [3.63, 3.8) is 0 Å². The average Bonchev–Trinajstić information content (AvgIpc) is 2.82. The molecule has 0 bridgehead atoms. The summed E-state index contributed by atoms with van der Waals surface area (Å²) in [5.74, 6) is -0.654. The summed E-state index contributed by atoms with van der Waals surface area (Å²) in [5, 5.41) is 3.49. The molecule has 1 saturated carbocycles. The van der Waals surface area contributed by atoms with Crippen LogP contribution in [0.25, 0.3) is 0 Å². The Balaban J connectivity index is 1.68. The molecule has 0 amide bonds. The van der Waals surface area contributed by atoms with E-state index in [9.17, 15) is 8.78 Å². The monoisotopic (exact) mass is 257 g/mol. The van der Waals surface area contributed by atoms with E-state index >= 15 is 0 Å². The predicted molar refractivity (Wildman–Crippen MR) is 67.3 cm³/mol. The van der Waals surface area contributed by atoms with Crippen molar-refractivity contribution in [1.82, 2.24) is 5.32 Å². The Labute approximate surface area is 105 Å². The van der Waals surface area contributed by atoms with E-state index in [1.165, 1.54) is 37.8 Å². The van der Waals surface area contributed by atoms with Gasteiger partial charge in [0, 0.05) is 23.2 Å². The van der Waals surface area contributed by atoms with Gasteiger partial charge in [-0.1, -0.05) is 12.8 Å². The second kappa shape index (κ2) is 6.36. The fraction of sp³-hybridized carbons (Fsp3) is 0.538. The molecule has 1 aromatic carbocycles. The van der Waals surface area contributed by atoms with Crippen molar-refractivity contribution in [3.8, 4) is 0 Å². The van der Waals surface area contributed by atoms with Crippen LogP contribution in [0, 0.1) is 11.6 Å². The quantitative estimate of drug-likeness (QED) is 0.639. The Bertz CT molecular complexity index is 364. The molecule has 1 nitrogen and oxygen atoms in total. The third-order valence-electron chi connectivity index (χ3n) is 3.05. The van der Waals surface area contributed by atoms with E-state index in [1.807, 2.05) is 0 Å². The molecule has 1 fully saturated rings. The largest absolute Gasteiger partial charge is 0.313 e. The number of rotatable bonds is 5. The van der Waals surface area contributed by atoms with Crippen molar-refractivity contribution in [2.45, 2.75) is 36.6 Å². The zero-order chi connectivity index (χ0) is 12.1. The highest BCUT2D eigenvalue weighted by atomic mass is 32.2. The molecule has 94 valence electrons. The first-order valence-electron chi connectivity index (χ1n) is 6.07. The summed E-state index contributed by atoms with van der Waals surface area (Å²) in [6, 6.07) is 4.73. The average molecular weight is 257 g/mol. The smallest absolute Gasteiger partial charge is 0.159 e. The van der Waals surface area contributed by atoms with Crippen LogP contribution < -0.4 is 5.32 Å². The lowest BCUT2D eigenvalue weighted by Gasteiger charge is -2.11. The Kier molecular flexibility index (Phi) is 4.80. The zero-order valence-electron chi connectivity index (χ0n) is 9.72. The summed E-state index contributed by atoms with van der Waals surface area (Å²) >= 11 is 1.56. The van der Waals surface area contributed by atoms with E-state index in [0.717, 1.165) is 17.2 Å². The van der Waals surface area contributed by atoms with Crippen molar-refractivity contribution >= 4 is 11.8 Å². The van der Waals surface area contributed by atoms with Crippen molar-refractivity contribution in [3.05, 3.63) is 29.8 Å². The first kappa shape index (κ1) is 12.8. The van der Waals surface area contributed by atoms with Crippen LogP contribution in [-0.4, -0.2) is 18.3 Å². The fourth-order valence-electron chi connectivity index (χ4n) is 2.13. The molecule has 0 spiro atoms. The summed E-state index contributed by atoms with van der Waals surface area (Å²) in [6.45, 7) is 0.925. The van der Waals surface area contributed by atoms with Gasteiger partial charge in [0.1, 0.15) is 0 Å². The number of halogens is 2. The van der Waals surface area contributed by atoms with Gasteiger partial charge in [-0.15, -0.1) is 11.8 Å². The minimum atomic E-state index is -0.779. The highest BCUT2D eigenvalue weighted by Crippen LogP contribution is 2.21. The first-order valence-corrected chi connectivity index (χ1v) is 7.05. The Morgan fingerprint density at radius 2 is 1.94 bits per heavy atom. The summed E-state index contributed by atoms with van der Waals surface area (Å²) in [7, 11) is 0. The third kappa shape index (κ3) is 3.96. The summed E-state index contributed by atoms with van der Waals surface area (Å²) in [6.07, 6.45) is 5.20. The number of hydrogen-bond acceptors (Lipinski definition) is 2. The maximum Gasteiger partial charge on any atom is 0.159 e. The molecule has 0 unspecified atom stereocenters. The van der Waals surface area contributed by atoms with Gasteiger partial charge in [0.2, 0.25) is 0 Å². The Morgan fingerprint density at radius 1 is 1.18 bits per heavy atom. The molecule has 1 aromatic rings. The van der Waals surface area contributed by atoms with E-state index in [0.29, 0.717) is 6.04 Å². The van der Waals surface area contributed by atoms with Gasteiger partial charge in [-0.3, -0.25) is 0 Å². The summed E-state index contributed by atoms with van der Waals surface area (Å²) < 4.78 is 25.6. The van der Waals surface area contributed by atoms with E-state index in [1.54, 1.807) is 17.8 Å². The molecule has 1 aliphatic carbocycles. The van der Waals surface area contributed by atoms with Gasteiger partial charge < -0.3 is 5.32 Å². The lowest BCUT2D eigenvalue weighted by atomic mass is 10.2. The van der Waals surface area contributed by atoms with Crippen LogP contribution in [0.15, 0.2) is 23.1 Å². The highest BCUT2D eigenvalue weighted by Gasteiger charge is 2.13. The van der Waals surface area contributed by atoms with Gasteiger partial charge in [-0.05, 0) is 31.0 Å². The van der Waals surface area contributed by atoms with Crippen LogP contribution in [0.4, 0.5) is 8.78 Å². The molecule has 0 saturated heterocycles. The van der Waals surface area contributed by atoms with Crippen LogP contribution in [0.5, 0.6) is 0 Å². The SMILES string of the molecule is Fc1ccc(SCCNC2CCCC2)cc1F. The molecule has 1 N–H and O–H groups in total. The van der Waals surface area contributed by atoms with Gasteiger partial charge >= 0.3 is 0 Å². The normalized spacial score (nSPS) is 16.6. The molecule has 4 heteroatoms. The van der Waals surface area contributed by atoms with Gasteiger partial charge in [0.05, 0.1) is 0 Å². The molecule has 1 aliphatic rings. The van der Waals surface area contributed by atoms with Gasteiger partial charge in [0.25, 0.3) is 0 Å². The minimum Gasteiger partial charge on any atom is -0.313 e. The molecular weight excluding hydrogens is 240 g/mol. The van der Waals surface area contributed by atoms with Crippen molar-refractivity contribution in [2.24, 2.45) is 0 Å². The van der Waals surface area contributed by atoms with Gasteiger partial charge in [-0.2, -0.15) is 0 Å². The molecule has 17 heavy (non-hydrogen) atoms. The zero-order valence-corrected chi connectivity index (χ0v) is 10.5. The molecule has 0 heterocycles. The van der Waals surface area contributed by atoms with Crippen LogP contribution in [0.2, 0.25) is 0 Å². The molecule has 2 rings (SSSR count). The standard InChI is InChI=1S/C13H17F2NS/c14-12-6-5-11(9-13(12)15)17-8-7-16-10-3-1-2-4-10/h5-6,9-10,16H,1-4,7-8H2. The highest BCUT2D eigenvalue weighted by molar-refractivity contribution is 7.99. The molecule has 0 aromatic heterocycles. The number of hydrogen-bond donors (Lipinski definition) is 1. The van der Waals surface area contributed by atoms with E-state index in [4.69, 9.17) is 0 Å². The van der Waals surface area contributed by atoms with Crippen molar-refractivity contribution in [1.29, 1.82) is 0 Å². The lowest BCUT2D eigenvalue weighted by Crippen LogP contribution is -2.27. The summed E-state index contributed by atoms with van der Waals surface area (Å²) in [5.41, 5.74) is 0. The number of benzene rings is 1. The lowest BCUT2D eigenvalue weighted by molar-refractivity contribution is 0.506. The topological polar surface area (TPSA) is 12.0 Å². The minimum absolute atomic E-state index is 0.667. The third-order valence-corrected chi connectivity index (χ3v) is 4.05. The van der Waals surface area contributed by atoms with Crippen molar-refractivity contribution < 1.29 is 8.78 Å². The molecule has 0 atom stereocenters. The molecular formula is C13H17F2NS. The van der Waals surface area contributed by atoms with E-state index in [-0.39, 0.29) is 0 Å². The summed E-state index contributed by atoms with van der Waals surface area (Å²) in [4.78, 5) is 0.789. The van der Waals surface area contributed by atoms with Crippen LogP contribution >= 0.6 is 11.8 Å². The van der Waals surface area contributed by atoms with E-state index < -0.39 is 11.6 Å². The Morgan fingerprint density at radius 3 is 2.65 bits per heavy atom. The molecule has 0 radical (unpaired) electrons. The van der Waals surface area contributed by atoms with Crippen LogP contribution in [0.3, 0.4) is 0 Å². The second-order valence-electron chi connectivity index (χ2n) is 4.36. The molecule has 0 aliphatic heterocycles. The number of nitrogens with one attached hydrogen (secondary N) is 1. The second-order valence-corrected chi connectivity index (χ2v) is 5.53. The fourth-order valence-corrected chi connectivity index (χ4v) is 2.94. The van der Waals surface area contributed by atoms with Gasteiger partial charge in [0.15, 0.2) is 11.6 Å².